The van der Waals surface area contributed by atoms with Crippen molar-refractivity contribution in [1.29, 1.82) is 0 Å². The van der Waals surface area contributed by atoms with Crippen LogP contribution < -0.4 is 0 Å². The third kappa shape index (κ3) is 2.80. The molecule has 2 aliphatic rings. The van der Waals surface area contributed by atoms with Gasteiger partial charge in [-0.25, -0.2) is 0 Å². The SMILES string of the molecule is CC1CC(C(=O)O)CCN1C1CCCCC1O. The molecule has 0 amide bonds. The summed E-state index contributed by atoms with van der Waals surface area (Å²) in [5, 5.41) is 19.1. The molecule has 0 radical (unpaired) electrons. The molecule has 98 valence electrons. The zero-order chi connectivity index (χ0) is 12.4. The Morgan fingerprint density at radius 2 is 1.94 bits per heavy atom. The maximum atomic E-state index is 11.0. The summed E-state index contributed by atoms with van der Waals surface area (Å²) in [5.74, 6) is -0.859. The second kappa shape index (κ2) is 5.36. The van der Waals surface area contributed by atoms with Gasteiger partial charge in [-0.3, -0.25) is 9.69 Å². The van der Waals surface area contributed by atoms with Crippen LogP contribution in [0.4, 0.5) is 0 Å². The van der Waals surface area contributed by atoms with Crippen LogP contribution in [0.1, 0.15) is 45.4 Å². The van der Waals surface area contributed by atoms with Crippen LogP contribution in [0.2, 0.25) is 0 Å². The molecule has 17 heavy (non-hydrogen) atoms. The number of rotatable bonds is 2. The molecule has 0 aromatic heterocycles. The highest BCUT2D eigenvalue weighted by molar-refractivity contribution is 5.70. The van der Waals surface area contributed by atoms with E-state index in [4.69, 9.17) is 5.11 Å². The number of hydrogen-bond acceptors (Lipinski definition) is 3. The molecule has 4 nitrogen and oxygen atoms in total. The lowest BCUT2D eigenvalue weighted by Crippen LogP contribution is -2.53. The minimum Gasteiger partial charge on any atom is -0.481 e. The number of carbonyl (C=O) groups is 1. The van der Waals surface area contributed by atoms with Crippen molar-refractivity contribution in [2.45, 2.75) is 63.6 Å². The van der Waals surface area contributed by atoms with Crippen molar-refractivity contribution >= 4 is 5.97 Å². The van der Waals surface area contributed by atoms with Crippen LogP contribution in [0.3, 0.4) is 0 Å². The van der Waals surface area contributed by atoms with Gasteiger partial charge in [0, 0.05) is 12.1 Å². The normalized spacial score (nSPS) is 40.1. The number of aliphatic hydroxyl groups is 1. The monoisotopic (exact) mass is 241 g/mol. The van der Waals surface area contributed by atoms with E-state index in [0.29, 0.717) is 0 Å². The first kappa shape index (κ1) is 12.8. The summed E-state index contributed by atoms with van der Waals surface area (Å²) in [5.41, 5.74) is 0. The Morgan fingerprint density at radius 3 is 2.53 bits per heavy atom. The predicted molar refractivity (Wildman–Crippen MR) is 64.8 cm³/mol. The van der Waals surface area contributed by atoms with E-state index in [0.717, 1.165) is 38.6 Å². The summed E-state index contributed by atoms with van der Waals surface area (Å²) >= 11 is 0. The summed E-state index contributed by atoms with van der Waals surface area (Å²) in [6.07, 6.45) is 5.50. The standard InChI is InChI=1S/C13H23NO3/c1-9-8-10(13(16)17)6-7-14(9)11-4-2-3-5-12(11)15/h9-12,15H,2-8H2,1H3,(H,16,17). The number of aliphatic hydroxyl groups excluding tert-OH is 1. The summed E-state index contributed by atoms with van der Waals surface area (Å²) in [7, 11) is 0. The second-order valence-electron chi connectivity index (χ2n) is 5.57. The lowest BCUT2D eigenvalue weighted by molar-refractivity contribution is -0.144. The minimum atomic E-state index is -0.666. The third-order valence-electron chi connectivity index (χ3n) is 4.40. The Labute approximate surface area is 103 Å². The van der Waals surface area contributed by atoms with Crippen LogP contribution in [-0.4, -0.2) is 45.8 Å². The quantitative estimate of drug-likeness (QED) is 0.768. The lowest BCUT2D eigenvalue weighted by Gasteiger charge is -2.44. The van der Waals surface area contributed by atoms with Gasteiger partial charge < -0.3 is 10.2 Å². The van der Waals surface area contributed by atoms with E-state index in [1.165, 1.54) is 6.42 Å². The molecule has 0 aromatic rings. The van der Waals surface area contributed by atoms with Gasteiger partial charge >= 0.3 is 5.97 Å². The number of aliphatic carboxylic acids is 1. The maximum absolute atomic E-state index is 11.0. The van der Waals surface area contributed by atoms with Crippen LogP contribution in [0.25, 0.3) is 0 Å². The highest BCUT2D eigenvalue weighted by atomic mass is 16.4. The van der Waals surface area contributed by atoms with Crippen LogP contribution in [0.5, 0.6) is 0 Å². The molecule has 4 heteroatoms. The highest BCUT2D eigenvalue weighted by Crippen LogP contribution is 2.30. The Hall–Kier alpha value is -0.610. The molecule has 4 atom stereocenters. The average Bonchev–Trinajstić information content (AvgIpc) is 2.30. The van der Waals surface area contributed by atoms with E-state index < -0.39 is 5.97 Å². The molecule has 0 bridgehead atoms. The van der Waals surface area contributed by atoms with Gasteiger partial charge in [-0.2, -0.15) is 0 Å². The zero-order valence-corrected chi connectivity index (χ0v) is 10.5. The largest absolute Gasteiger partial charge is 0.481 e. The second-order valence-corrected chi connectivity index (χ2v) is 5.57. The molecule has 4 unspecified atom stereocenters. The molecule has 0 aromatic carbocycles. The van der Waals surface area contributed by atoms with E-state index in [-0.39, 0.29) is 24.1 Å². The number of likely N-dealkylation sites (tertiary alicyclic amines) is 1. The third-order valence-corrected chi connectivity index (χ3v) is 4.40. The van der Waals surface area contributed by atoms with Gasteiger partial charge in [-0.05, 0) is 39.2 Å². The number of carboxylic acid groups (broad SMARTS) is 1. The predicted octanol–water partition coefficient (Wildman–Crippen LogP) is 1.47. The van der Waals surface area contributed by atoms with Gasteiger partial charge in [0.1, 0.15) is 0 Å². The Morgan fingerprint density at radius 1 is 1.24 bits per heavy atom. The van der Waals surface area contributed by atoms with Crippen molar-refractivity contribution in [1.82, 2.24) is 4.90 Å². The Balaban J connectivity index is 1.96. The molecule has 2 fully saturated rings. The van der Waals surface area contributed by atoms with E-state index in [9.17, 15) is 9.90 Å². The highest BCUT2D eigenvalue weighted by Gasteiger charge is 2.36. The minimum absolute atomic E-state index is 0.193. The van der Waals surface area contributed by atoms with Crippen molar-refractivity contribution in [3.63, 3.8) is 0 Å². The first-order valence-electron chi connectivity index (χ1n) is 6.76. The molecule has 0 spiro atoms. The van der Waals surface area contributed by atoms with E-state index in [1.54, 1.807) is 0 Å². The number of hydrogen-bond donors (Lipinski definition) is 2. The molecule has 1 heterocycles. The lowest BCUT2D eigenvalue weighted by atomic mass is 9.85. The van der Waals surface area contributed by atoms with Crippen molar-refractivity contribution in [2.75, 3.05) is 6.54 Å². The average molecular weight is 241 g/mol. The van der Waals surface area contributed by atoms with Gasteiger partial charge in [-0.1, -0.05) is 12.8 Å². The van der Waals surface area contributed by atoms with Crippen LogP contribution in [0, 0.1) is 5.92 Å². The molecular weight excluding hydrogens is 218 g/mol. The van der Waals surface area contributed by atoms with Crippen molar-refractivity contribution in [2.24, 2.45) is 5.92 Å². The molecule has 2 rings (SSSR count). The first-order chi connectivity index (χ1) is 8.09. The molecule has 1 aliphatic heterocycles. The van der Waals surface area contributed by atoms with Gasteiger partial charge in [0.15, 0.2) is 0 Å². The van der Waals surface area contributed by atoms with Crippen molar-refractivity contribution in [3.05, 3.63) is 0 Å². The fraction of sp³-hybridized carbons (Fsp3) is 0.923. The van der Waals surface area contributed by atoms with Gasteiger partial charge in [0.25, 0.3) is 0 Å². The van der Waals surface area contributed by atoms with Gasteiger partial charge in [-0.15, -0.1) is 0 Å². The molecule has 1 saturated carbocycles. The summed E-state index contributed by atoms with van der Waals surface area (Å²) in [6.45, 7) is 2.91. The van der Waals surface area contributed by atoms with E-state index in [1.807, 2.05) is 0 Å². The van der Waals surface area contributed by atoms with E-state index in [2.05, 4.69) is 11.8 Å². The number of carboxylic acids is 1. The van der Waals surface area contributed by atoms with Crippen molar-refractivity contribution in [3.8, 4) is 0 Å². The van der Waals surface area contributed by atoms with Crippen LogP contribution in [0.15, 0.2) is 0 Å². The fourth-order valence-electron chi connectivity index (χ4n) is 3.39. The molecule has 2 N–H and O–H groups in total. The molecular formula is C13H23NO3. The van der Waals surface area contributed by atoms with Crippen molar-refractivity contribution < 1.29 is 15.0 Å². The summed E-state index contributed by atoms with van der Waals surface area (Å²) < 4.78 is 0. The Kier molecular flexibility index (Phi) is 4.05. The van der Waals surface area contributed by atoms with Crippen LogP contribution >= 0.6 is 0 Å². The first-order valence-corrected chi connectivity index (χ1v) is 6.76. The fourth-order valence-corrected chi connectivity index (χ4v) is 3.39. The Bertz CT molecular complexity index is 282. The smallest absolute Gasteiger partial charge is 0.306 e. The summed E-state index contributed by atoms with van der Waals surface area (Å²) in [4.78, 5) is 13.3. The summed E-state index contributed by atoms with van der Waals surface area (Å²) in [6, 6.07) is 0.538. The van der Waals surface area contributed by atoms with Gasteiger partial charge in [0.2, 0.25) is 0 Å². The topological polar surface area (TPSA) is 60.8 Å². The van der Waals surface area contributed by atoms with Gasteiger partial charge in [0.05, 0.1) is 12.0 Å². The number of nitrogens with zero attached hydrogens (tertiary/aromatic N) is 1. The molecule has 1 saturated heterocycles. The maximum Gasteiger partial charge on any atom is 0.306 e. The van der Waals surface area contributed by atoms with E-state index >= 15 is 0 Å². The van der Waals surface area contributed by atoms with Crippen LogP contribution in [-0.2, 0) is 4.79 Å². The molecule has 1 aliphatic carbocycles. The zero-order valence-electron chi connectivity index (χ0n) is 10.5. The number of piperidine rings is 1.